The molecule has 0 spiro atoms. The number of carbonyl (C=O) groups is 1. The Bertz CT molecular complexity index is 617. The van der Waals surface area contributed by atoms with Crippen molar-refractivity contribution in [3.63, 3.8) is 0 Å². The molecule has 0 radical (unpaired) electrons. The van der Waals surface area contributed by atoms with E-state index in [9.17, 15) is 4.79 Å². The van der Waals surface area contributed by atoms with Gasteiger partial charge in [-0.05, 0) is 37.3 Å². The van der Waals surface area contributed by atoms with Crippen LogP contribution in [0.4, 0.5) is 4.79 Å². The number of imidazole rings is 1. The number of nitrogens with zero attached hydrogens (tertiary/aromatic N) is 2. The van der Waals surface area contributed by atoms with Crippen LogP contribution in [0.5, 0.6) is 0 Å². The number of hydrogen-bond acceptors (Lipinski definition) is 2. The lowest BCUT2D eigenvalue weighted by Gasteiger charge is -2.26. The highest BCUT2D eigenvalue weighted by atomic mass is 16.2. The number of aromatic nitrogens is 2. The molecule has 2 aromatic rings. The molecular weight excluding hydrogens is 252 g/mol. The van der Waals surface area contributed by atoms with Crippen molar-refractivity contribution in [3.8, 4) is 0 Å². The van der Waals surface area contributed by atoms with E-state index in [0.29, 0.717) is 12.6 Å². The number of piperidine rings is 1. The van der Waals surface area contributed by atoms with E-state index >= 15 is 0 Å². The Morgan fingerprint density at radius 2 is 2.30 bits per heavy atom. The van der Waals surface area contributed by atoms with Crippen molar-refractivity contribution in [1.29, 1.82) is 0 Å². The molecule has 104 valence electrons. The van der Waals surface area contributed by atoms with Crippen LogP contribution in [0.2, 0.25) is 0 Å². The van der Waals surface area contributed by atoms with E-state index in [1.54, 1.807) is 0 Å². The van der Waals surface area contributed by atoms with Crippen LogP contribution in [0.3, 0.4) is 0 Å². The van der Waals surface area contributed by atoms with Crippen LogP contribution in [-0.2, 0) is 6.54 Å². The SMILES string of the molecule is O=C(NCc1nc2ccccc2[nH]1)N1C[C@H]2CC[C@H]1C2. The molecule has 1 aliphatic heterocycles. The molecule has 1 aromatic carbocycles. The molecule has 2 aliphatic rings. The molecule has 2 N–H and O–H groups in total. The molecule has 1 saturated carbocycles. The van der Waals surface area contributed by atoms with E-state index in [2.05, 4.69) is 15.3 Å². The summed E-state index contributed by atoms with van der Waals surface area (Å²) in [6.07, 6.45) is 3.65. The Hall–Kier alpha value is -2.04. The quantitative estimate of drug-likeness (QED) is 0.879. The minimum Gasteiger partial charge on any atom is -0.340 e. The first-order chi connectivity index (χ1) is 9.79. The van der Waals surface area contributed by atoms with Crippen LogP contribution in [0.15, 0.2) is 24.3 Å². The summed E-state index contributed by atoms with van der Waals surface area (Å²) in [5.74, 6) is 1.54. The first-order valence-corrected chi connectivity index (χ1v) is 7.28. The fourth-order valence-corrected chi connectivity index (χ4v) is 3.52. The molecule has 5 nitrogen and oxygen atoms in total. The monoisotopic (exact) mass is 270 g/mol. The highest BCUT2D eigenvalue weighted by Gasteiger charge is 2.40. The van der Waals surface area contributed by atoms with Crippen molar-refractivity contribution in [2.24, 2.45) is 5.92 Å². The summed E-state index contributed by atoms with van der Waals surface area (Å²) in [5, 5.41) is 2.98. The van der Waals surface area contributed by atoms with Gasteiger partial charge in [-0.1, -0.05) is 12.1 Å². The highest BCUT2D eigenvalue weighted by molar-refractivity contribution is 5.76. The average molecular weight is 270 g/mol. The lowest BCUT2D eigenvalue weighted by Crippen LogP contribution is -2.44. The number of benzene rings is 1. The van der Waals surface area contributed by atoms with Crippen molar-refractivity contribution < 1.29 is 4.79 Å². The average Bonchev–Trinajstić information content (AvgIpc) is 3.18. The smallest absolute Gasteiger partial charge is 0.318 e. The predicted molar refractivity (Wildman–Crippen MR) is 76.2 cm³/mol. The van der Waals surface area contributed by atoms with E-state index < -0.39 is 0 Å². The number of aromatic amines is 1. The van der Waals surface area contributed by atoms with Gasteiger partial charge in [0.15, 0.2) is 0 Å². The summed E-state index contributed by atoms with van der Waals surface area (Å²) in [4.78, 5) is 21.9. The lowest BCUT2D eigenvalue weighted by molar-refractivity contribution is 0.180. The summed E-state index contributed by atoms with van der Waals surface area (Å²) >= 11 is 0. The van der Waals surface area contributed by atoms with Gasteiger partial charge >= 0.3 is 6.03 Å². The van der Waals surface area contributed by atoms with Crippen LogP contribution in [0.25, 0.3) is 11.0 Å². The van der Waals surface area contributed by atoms with E-state index in [1.807, 2.05) is 29.2 Å². The molecule has 2 amide bonds. The number of para-hydroxylation sites is 2. The Kier molecular flexibility index (Phi) is 2.65. The van der Waals surface area contributed by atoms with Gasteiger partial charge in [0.05, 0.1) is 17.6 Å². The summed E-state index contributed by atoms with van der Waals surface area (Å²) in [7, 11) is 0. The minimum absolute atomic E-state index is 0.0534. The molecule has 1 saturated heterocycles. The van der Waals surface area contributed by atoms with E-state index in [0.717, 1.165) is 29.3 Å². The van der Waals surface area contributed by atoms with Gasteiger partial charge < -0.3 is 15.2 Å². The second kappa shape index (κ2) is 4.51. The zero-order valence-corrected chi connectivity index (χ0v) is 11.3. The lowest BCUT2D eigenvalue weighted by atomic mass is 10.1. The standard InChI is InChI=1S/C15H18N4O/c20-15(19-9-10-5-6-11(19)7-10)16-8-14-17-12-3-1-2-4-13(12)18-14/h1-4,10-11H,5-9H2,(H,16,20)(H,17,18)/t10-,11-/m0/s1. The number of urea groups is 1. The third-order valence-corrected chi connectivity index (χ3v) is 4.52. The molecule has 2 atom stereocenters. The summed E-state index contributed by atoms with van der Waals surface area (Å²) < 4.78 is 0. The molecule has 20 heavy (non-hydrogen) atoms. The second-order valence-corrected chi connectivity index (χ2v) is 5.84. The summed E-state index contributed by atoms with van der Waals surface area (Å²) in [6, 6.07) is 8.42. The molecule has 1 aliphatic carbocycles. The van der Waals surface area contributed by atoms with Crippen molar-refractivity contribution >= 4 is 17.1 Å². The van der Waals surface area contributed by atoms with Gasteiger partial charge in [-0.15, -0.1) is 0 Å². The Morgan fingerprint density at radius 3 is 3.05 bits per heavy atom. The molecule has 0 unspecified atom stereocenters. The van der Waals surface area contributed by atoms with Gasteiger partial charge in [-0.2, -0.15) is 0 Å². The predicted octanol–water partition coefficient (Wildman–Crippen LogP) is 2.26. The zero-order valence-electron chi connectivity index (χ0n) is 11.3. The number of fused-ring (bicyclic) bond motifs is 3. The maximum absolute atomic E-state index is 12.2. The summed E-state index contributed by atoms with van der Waals surface area (Å²) in [5.41, 5.74) is 1.95. The minimum atomic E-state index is 0.0534. The van der Waals surface area contributed by atoms with Crippen LogP contribution in [-0.4, -0.2) is 33.5 Å². The van der Waals surface area contributed by atoms with Gasteiger partial charge in [-0.3, -0.25) is 0 Å². The van der Waals surface area contributed by atoms with Crippen molar-refractivity contribution in [2.45, 2.75) is 31.8 Å². The number of H-pyrrole nitrogens is 1. The molecule has 2 heterocycles. The maximum Gasteiger partial charge on any atom is 0.318 e. The van der Waals surface area contributed by atoms with Crippen LogP contribution >= 0.6 is 0 Å². The first-order valence-electron chi connectivity index (χ1n) is 7.28. The highest BCUT2D eigenvalue weighted by Crippen LogP contribution is 2.37. The van der Waals surface area contributed by atoms with Gasteiger partial charge in [0.2, 0.25) is 0 Å². The maximum atomic E-state index is 12.2. The Morgan fingerprint density at radius 1 is 1.40 bits per heavy atom. The van der Waals surface area contributed by atoms with Gasteiger partial charge in [-0.25, -0.2) is 9.78 Å². The number of amides is 2. The number of rotatable bonds is 2. The van der Waals surface area contributed by atoms with Crippen molar-refractivity contribution in [1.82, 2.24) is 20.2 Å². The molecule has 4 rings (SSSR count). The molecule has 5 heteroatoms. The van der Waals surface area contributed by atoms with Gasteiger partial charge in [0.1, 0.15) is 5.82 Å². The Balaban J connectivity index is 1.41. The fourth-order valence-electron chi connectivity index (χ4n) is 3.52. The third-order valence-electron chi connectivity index (χ3n) is 4.52. The normalized spacial score (nSPS) is 24.5. The van der Waals surface area contributed by atoms with E-state index in [-0.39, 0.29) is 6.03 Å². The van der Waals surface area contributed by atoms with Crippen molar-refractivity contribution in [2.75, 3.05) is 6.54 Å². The largest absolute Gasteiger partial charge is 0.340 e. The third kappa shape index (κ3) is 1.94. The molecule has 1 aromatic heterocycles. The zero-order chi connectivity index (χ0) is 13.5. The molecule has 2 bridgehead atoms. The first kappa shape index (κ1) is 11.8. The molecule has 2 fully saturated rings. The summed E-state index contributed by atoms with van der Waals surface area (Å²) in [6.45, 7) is 1.39. The molecular formula is C15H18N4O. The number of likely N-dealkylation sites (tertiary alicyclic amines) is 1. The Labute approximate surface area is 117 Å². The number of nitrogens with one attached hydrogen (secondary N) is 2. The second-order valence-electron chi connectivity index (χ2n) is 5.84. The van der Waals surface area contributed by atoms with Crippen LogP contribution in [0.1, 0.15) is 25.1 Å². The van der Waals surface area contributed by atoms with Crippen molar-refractivity contribution in [3.05, 3.63) is 30.1 Å². The van der Waals surface area contributed by atoms with Crippen LogP contribution < -0.4 is 5.32 Å². The van der Waals surface area contributed by atoms with Gasteiger partial charge in [0, 0.05) is 12.6 Å². The van der Waals surface area contributed by atoms with E-state index in [1.165, 1.54) is 19.3 Å². The topological polar surface area (TPSA) is 61.0 Å². The van der Waals surface area contributed by atoms with Gasteiger partial charge in [0.25, 0.3) is 0 Å². The number of carbonyl (C=O) groups excluding carboxylic acids is 1. The number of hydrogen-bond donors (Lipinski definition) is 2. The van der Waals surface area contributed by atoms with E-state index in [4.69, 9.17) is 0 Å². The fraction of sp³-hybridized carbons (Fsp3) is 0.467. The van der Waals surface area contributed by atoms with Crippen LogP contribution in [0, 0.1) is 5.92 Å².